The molecule has 0 saturated carbocycles. The molecule has 0 heterocycles. The number of aryl methyl sites for hydroxylation is 1. The molecule has 94 valence electrons. The summed E-state index contributed by atoms with van der Waals surface area (Å²) in [5.74, 6) is 1.13. The Hall–Kier alpha value is -1.48. The Kier molecular flexibility index (Phi) is 3.92. The molecule has 18 heavy (non-hydrogen) atoms. The summed E-state index contributed by atoms with van der Waals surface area (Å²) < 4.78 is 6.33. The molecule has 0 aliphatic carbocycles. The molecule has 0 aliphatic rings. The highest BCUT2D eigenvalue weighted by Gasteiger charge is 2.06. The number of hydrogen-bond donors (Lipinski definition) is 1. The standard InChI is InChI=1S/C15H15BrO2/c1-3-18-14-4-5-15(10(2)6-14)11-7-12(16)9-13(17)8-11/h4-9,17H,3H2,1-2H3. The van der Waals surface area contributed by atoms with Gasteiger partial charge in [-0.05, 0) is 60.9 Å². The van der Waals surface area contributed by atoms with Gasteiger partial charge in [0.25, 0.3) is 0 Å². The van der Waals surface area contributed by atoms with Crippen LogP contribution in [0.25, 0.3) is 11.1 Å². The molecule has 0 fully saturated rings. The van der Waals surface area contributed by atoms with Crippen molar-refractivity contribution in [3.05, 3.63) is 46.4 Å². The molecule has 3 heteroatoms. The Morgan fingerprint density at radius 2 is 1.94 bits per heavy atom. The second-order valence-corrected chi connectivity index (χ2v) is 5.02. The SMILES string of the molecule is CCOc1ccc(-c2cc(O)cc(Br)c2)c(C)c1. The maximum atomic E-state index is 9.63. The number of aromatic hydroxyl groups is 1. The van der Waals surface area contributed by atoms with E-state index in [-0.39, 0.29) is 5.75 Å². The van der Waals surface area contributed by atoms with Crippen LogP contribution in [0.2, 0.25) is 0 Å². The minimum Gasteiger partial charge on any atom is -0.508 e. The summed E-state index contributed by atoms with van der Waals surface area (Å²) in [7, 11) is 0. The van der Waals surface area contributed by atoms with Gasteiger partial charge in [-0.25, -0.2) is 0 Å². The fraction of sp³-hybridized carbons (Fsp3) is 0.200. The zero-order valence-corrected chi connectivity index (χ0v) is 12.0. The van der Waals surface area contributed by atoms with E-state index in [2.05, 4.69) is 15.9 Å². The lowest BCUT2D eigenvalue weighted by molar-refractivity contribution is 0.340. The van der Waals surface area contributed by atoms with Crippen LogP contribution >= 0.6 is 15.9 Å². The van der Waals surface area contributed by atoms with E-state index in [1.54, 1.807) is 12.1 Å². The zero-order chi connectivity index (χ0) is 13.1. The van der Waals surface area contributed by atoms with E-state index < -0.39 is 0 Å². The number of halogens is 1. The average Bonchev–Trinajstić information content (AvgIpc) is 2.28. The van der Waals surface area contributed by atoms with Crippen molar-refractivity contribution >= 4 is 15.9 Å². The fourth-order valence-corrected chi connectivity index (χ4v) is 2.43. The van der Waals surface area contributed by atoms with Crippen molar-refractivity contribution in [2.45, 2.75) is 13.8 Å². The molecule has 0 radical (unpaired) electrons. The van der Waals surface area contributed by atoms with Gasteiger partial charge in [0.15, 0.2) is 0 Å². The van der Waals surface area contributed by atoms with Crippen molar-refractivity contribution in [1.82, 2.24) is 0 Å². The average molecular weight is 307 g/mol. The highest BCUT2D eigenvalue weighted by molar-refractivity contribution is 9.10. The quantitative estimate of drug-likeness (QED) is 0.903. The minimum atomic E-state index is 0.257. The Morgan fingerprint density at radius 3 is 2.56 bits per heavy atom. The Balaban J connectivity index is 2.44. The van der Waals surface area contributed by atoms with Crippen LogP contribution in [0.1, 0.15) is 12.5 Å². The third kappa shape index (κ3) is 2.85. The number of ether oxygens (including phenoxy) is 1. The molecule has 0 atom stereocenters. The molecule has 0 spiro atoms. The van der Waals surface area contributed by atoms with Gasteiger partial charge in [0.05, 0.1) is 6.61 Å². The van der Waals surface area contributed by atoms with Crippen LogP contribution < -0.4 is 4.74 Å². The Labute approximate surface area is 115 Å². The van der Waals surface area contributed by atoms with E-state index in [0.717, 1.165) is 26.9 Å². The number of hydrogen-bond acceptors (Lipinski definition) is 2. The molecular weight excluding hydrogens is 292 g/mol. The van der Waals surface area contributed by atoms with Gasteiger partial charge in [0, 0.05) is 4.47 Å². The van der Waals surface area contributed by atoms with Crippen molar-refractivity contribution in [2.24, 2.45) is 0 Å². The highest BCUT2D eigenvalue weighted by atomic mass is 79.9. The van der Waals surface area contributed by atoms with E-state index in [1.807, 2.05) is 38.1 Å². The third-order valence-corrected chi connectivity index (χ3v) is 3.16. The van der Waals surface area contributed by atoms with Gasteiger partial charge in [0.2, 0.25) is 0 Å². The Bertz CT molecular complexity index is 544. The molecule has 2 nitrogen and oxygen atoms in total. The predicted molar refractivity (Wildman–Crippen MR) is 77.1 cm³/mol. The van der Waals surface area contributed by atoms with Crippen LogP contribution in [0.5, 0.6) is 11.5 Å². The number of rotatable bonds is 3. The largest absolute Gasteiger partial charge is 0.508 e. The molecule has 0 saturated heterocycles. The first-order valence-corrected chi connectivity index (χ1v) is 6.63. The van der Waals surface area contributed by atoms with Crippen LogP contribution in [0, 0.1) is 6.92 Å². The van der Waals surface area contributed by atoms with Gasteiger partial charge in [-0.15, -0.1) is 0 Å². The van der Waals surface area contributed by atoms with Crippen molar-refractivity contribution in [1.29, 1.82) is 0 Å². The topological polar surface area (TPSA) is 29.5 Å². The maximum Gasteiger partial charge on any atom is 0.119 e. The highest BCUT2D eigenvalue weighted by Crippen LogP contribution is 2.31. The molecule has 0 unspecified atom stereocenters. The van der Waals surface area contributed by atoms with Crippen LogP contribution in [0.3, 0.4) is 0 Å². The monoisotopic (exact) mass is 306 g/mol. The maximum absolute atomic E-state index is 9.63. The summed E-state index contributed by atoms with van der Waals surface area (Å²) >= 11 is 3.39. The van der Waals surface area contributed by atoms with Gasteiger partial charge in [-0.1, -0.05) is 22.0 Å². The summed E-state index contributed by atoms with van der Waals surface area (Å²) in [6.07, 6.45) is 0. The van der Waals surface area contributed by atoms with Crippen molar-refractivity contribution in [3.8, 4) is 22.6 Å². The molecule has 0 aliphatic heterocycles. The fourth-order valence-electron chi connectivity index (χ4n) is 1.95. The first-order valence-electron chi connectivity index (χ1n) is 5.83. The molecular formula is C15H15BrO2. The smallest absolute Gasteiger partial charge is 0.119 e. The lowest BCUT2D eigenvalue weighted by Crippen LogP contribution is -1.92. The summed E-state index contributed by atoms with van der Waals surface area (Å²) in [4.78, 5) is 0. The van der Waals surface area contributed by atoms with Gasteiger partial charge >= 0.3 is 0 Å². The summed E-state index contributed by atoms with van der Waals surface area (Å²) in [6.45, 7) is 4.67. The van der Waals surface area contributed by atoms with E-state index >= 15 is 0 Å². The van der Waals surface area contributed by atoms with E-state index in [0.29, 0.717) is 6.61 Å². The van der Waals surface area contributed by atoms with Crippen LogP contribution in [0.4, 0.5) is 0 Å². The molecule has 2 aromatic carbocycles. The molecule has 0 amide bonds. The molecule has 2 rings (SSSR count). The first-order chi connectivity index (χ1) is 8.60. The van der Waals surface area contributed by atoms with E-state index in [9.17, 15) is 5.11 Å². The van der Waals surface area contributed by atoms with Crippen molar-refractivity contribution in [2.75, 3.05) is 6.61 Å². The van der Waals surface area contributed by atoms with Crippen LogP contribution in [-0.4, -0.2) is 11.7 Å². The normalized spacial score (nSPS) is 10.4. The van der Waals surface area contributed by atoms with Crippen molar-refractivity contribution in [3.63, 3.8) is 0 Å². The molecule has 2 aromatic rings. The zero-order valence-electron chi connectivity index (χ0n) is 10.4. The number of phenols is 1. The van der Waals surface area contributed by atoms with Gasteiger partial charge in [-0.3, -0.25) is 0 Å². The third-order valence-electron chi connectivity index (χ3n) is 2.70. The summed E-state index contributed by atoms with van der Waals surface area (Å²) in [6, 6.07) is 11.4. The Morgan fingerprint density at radius 1 is 1.17 bits per heavy atom. The second-order valence-electron chi connectivity index (χ2n) is 4.11. The van der Waals surface area contributed by atoms with Gasteiger partial charge in [0.1, 0.15) is 11.5 Å². The van der Waals surface area contributed by atoms with Crippen molar-refractivity contribution < 1.29 is 9.84 Å². The number of phenolic OH excluding ortho intramolecular Hbond substituents is 1. The van der Waals surface area contributed by atoms with Crippen LogP contribution in [0.15, 0.2) is 40.9 Å². The van der Waals surface area contributed by atoms with E-state index in [1.165, 1.54) is 0 Å². The summed E-state index contributed by atoms with van der Waals surface area (Å²) in [5.41, 5.74) is 3.20. The second kappa shape index (κ2) is 5.44. The number of benzene rings is 2. The molecule has 0 aromatic heterocycles. The first kappa shape index (κ1) is 13.0. The van der Waals surface area contributed by atoms with Gasteiger partial charge in [-0.2, -0.15) is 0 Å². The molecule has 0 bridgehead atoms. The predicted octanol–water partition coefficient (Wildman–Crippen LogP) is 4.53. The lowest BCUT2D eigenvalue weighted by Gasteiger charge is -2.10. The van der Waals surface area contributed by atoms with E-state index in [4.69, 9.17) is 4.74 Å². The molecule has 1 N–H and O–H groups in total. The summed E-state index contributed by atoms with van der Waals surface area (Å²) in [5, 5.41) is 9.63. The lowest BCUT2D eigenvalue weighted by atomic mass is 10.0. The van der Waals surface area contributed by atoms with Gasteiger partial charge < -0.3 is 9.84 Å². The minimum absolute atomic E-state index is 0.257. The van der Waals surface area contributed by atoms with Crippen LogP contribution in [-0.2, 0) is 0 Å².